The maximum atomic E-state index is 9.41. The lowest BCUT2D eigenvalue weighted by molar-refractivity contribution is 0.250. The second-order valence-electron chi connectivity index (χ2n) is 5.56. The lowest BCUT2D eigenvalue weighted by Crippen LogP contribution is -2.25. The Kier molecular flexibility index (Phi) is 3.65. The largest absolute Gasteiger partial charge is 0.388 e. The highest BCUT2D eigenvalue weighted by Gasteiger charge is 2.24. The lowest BCUT2D eigenvalue weighted by atomic mass is 10.0. The fourth-order valence-electron chi connectivity index (χ4n) is 2.18. The molecule has 0 unspecified atom stereocenters. The molecule has 0 aliphatic heterocycles. The Bertz CT molecular complexity index is 599. The van der Waals surface area contributed by atoms with Gasteiger partial charge in [0.25, 0.3) is 0 Å². The van der Waals surface area contributed by atoms with Crippen molar-refractivity contribution in [3.8, 4) is 11.4 Å². The van der Waals surface area contributed by atoms with E-state index in [4.69, 9.17) is 11.6 Å². The number of halogens is 1. The molecule has 0 fully saturated rings. The van der Waals surface area contributed by atoms with E-state index in [2.05, 4.69) is 31.0 Å². The second-order valence-corrected chi connectivity index (χ2v) is 6.00. The summed E-state index contributed by atoms with van der Waals surface area (Å²) in [7, 11) is 0. The van der Waals surface area contributed by atoms with Crippen molar-refractivity contribution in [3.63, 3.8) is 0 Å². The molecule has 5 heteroatoms. The van der Waals surface area contributed by atoms with Gasteiger partial charge in [-0.2, -0.15) is 0 Å². The van der Waals surface area contributed by atoms with Gasteiger partial charge in [0.2, 0.25) is 0 Å². The molecule has 0 spiro atoms. The Morgan fingerprint density at radius 3 is 2.47 bits per heavy atom. The van der Waals surface area contributed by atoms with Gasteiger partial charge in [0.15, 0.2) is 11.6 Å². The Morgan fingerprint density at radius 1 is 1.26 bits per heavy atom. The van der Waals surface area contributed by atoms with Crippen LogP contribution in [0.1, 0.15) is 32.2 Å². The van der Waals surface area contributed by atoms with Crippen LogP contribution in [-0.4, -0.2) is 19.9 Å². The number of benzene rings is 1. The normalized spacial score (nSPS) is 11.9. The molecule has 2 aromatic rings. The van der Waals surface area contributed by atoms with Crippen molar-refractivity contribution in [1.29, 1.82) is 0 Å². The van der Waals surface area contributed by atoms with Crippen LogP contribution in [0, 0.1) is 6.92 Å². The zero-order chi connectivity index (χ0) is 14.2. The third kappa shape index (κ3) is 2.65. The molecule has 0 atom stereocenters. The fraction of sp³-hybridized carbons (Fsp3) is 0.429. The van der Waals surface area contributed by atoms with Crippen LogP contribution >= 0.6 is 11.6 Å². The first-order valence-electron chi connectivity index (χ1n) is 6.16. The van der Waals surface area contributed by atoms with Crippen molar-refractivity contribution in [2.45, 2.75) is 39.8 Å². The van der Waals surface area contributed by atoms with Gasteiger partial charge in [0.1, 0.15) is 6.61 Å². The summed E-state index contributed by atoms with van der Waals surface area (Å²) in [5.74, 6) is 1.32. The molecule has 0 saturated heterocycles. The lowest BCUT2D eigenvalue weighted by Gasteiger charge is -2.25. The van der Waals surface area contributed by atoms with Crippen LogP contribution in [0.2, 0.25) is 5.02 Å². The van der Waals surface area contributed by atoms with Gasteiger partial charge in [0, 0.05) is 16.1 Å². The Hall–Kier alpha value is -1.39. The standard InChI is InChI=1S/C14H18ClN3O/c1-9-7-10(15)5-6-11(9)13-17-16-12(8-19)18(13)14(2,3)4/h5-7,19H,8H2,1-4H3. The first-order valence-corrected chi connectivity index (χ1v) is 6.54. The summed E-state index contributed by atoms with van der Waals surface area (Å²) in [6, 6.07) is 5.67. The molecule has 0 aliphatic carbocycles. The summed E-state index contributed by atoms with van der Waals surface area (Å²) < 4.78 is 1.96. The van der Waals surface area contributed by atoms with Gasteiger partial charge in [-0.05, 0) is 51.5 Å². The fourth-order valence-corrected chi connectivity index (χ4v) is 2.40. The number of aliphatic hydroxyl groups excluding tert-OH is 1. The minimum atomic E-state index is -0.205. The maximum absolute atomic E-state index is 9.41. The molecular weight excluding hydrogens is 262 g/mol. The molecule has 102 valence electrons. The number of aryl methyl sites for hydroxylation is 1. The van der Waals surface area contributed by atoms with Crippen molar-refractivity contribution in [2.24, 2.45) is 0 Å². The van der Waals surface area contributed by atoms with Gasteiger partial charge >= 0.3 is 0 Å². The van der Waals surface area contributed by atoms with E-state index >= 15 is 0 Å². The highest BCUT2D eigenvalue weighted by Crippen LogP contribution is 2.29. The molecule has 1 aromatic carbocycles. The van der Waals surface area contributed by atoms with E-state index in [0.29, 0.717) is 10.8 Å². The van der Waals surface area contributed by atoms with Crippen molar-refractivity contribution in [3.05, 3.63) is 34.6 Å². The molecule has 0 saturated carbocycles. The van der Waals surface area contributed by atoms with Crippen LogP contribution < -0.4 is 0 Å². The van der Waals surface area contributed by atoms with Crippen LogP contribution in [0.5, 0.6) is 0 Å². The highest BCUT2D eigenvalue weighted by atomic mass is 35.5. The van der Waals surface area contributed by atoms with Gasteiger partial charge in [-0.25, -0.2) is 0 Å². The Labute approximate surface area is 118 Å². The van der Waals surface area contributed by atoms with Crippen LogP contribution in [-0.2, 0) is 12.1 Å². The first-order chi connectivity index (χ1) is 8.84. The Balaban J connectivity index is 2.66. The molecule has 1 aromatic heterocycles. The van der Waals surface area contributed by atoms with Crippen LogP contribution in [0.4, 0.5) is 0 Å². The summed E-state index contributed by atoms with van der Waals surface area (Å²) in [6.45, 7) is 8.04. The molecule has 1 N–H and O–H groups in total. The summed E-state index contributed by atoms with van der Waals surface area (Å²) in [5, 5.41) is 18.4. The summed E-state index contributed by atoms with van der Waals surface area (Å²) in [5.41, 5.74) is 1.81. The topological polar surface area (TPSA) is 50.9 Å². The van der Waals surface area contributed by atoms with E-state index in [1.807, 2.05) is 29.7 Å². The van der Waals surface area contributed by atoms with Crippen molar-refractivity contribution in [1.82, 2.24) is 14.8 Å². The SMILES string of the molecule is Cc1cc(Cl)ccc1-c1nnc(CO)n1C(C)(C)C. The van der Waals surface area contributed by atoms with E-state index in [-0.39, 0.29) is 12.1 Å². The third-order valence-electron chi connectivity index (χ3n) is 2.97. The van der Waals surface area contributed by atoms with Crippen LogP contribution in [0.15, 0.2) is 18.2 Å². The van der Waals surface area contributed by atoms with Crippen LogP contribution in [0.3, 0.4) is 0 Å². The van der Waals surface area contributed by atoms with Gasteiger partial charge in [-0.15, -0.1) is 10.2 Å². The summed E-state index contributed by atoms with van der Waals surface area (Å²) in [4.78, 5) is 0. The summed E-state index contributed by atoms with van der Waals surface area (Å²) in [6.07, 6.45) is 0. The number of aliphatic hydroxyl groups is 1. The number of aromatic nitrogens is 3. The van der Waals surface area contributed by atoms with Gasteiger partial charge in [0.05, 0.1) is 0 Å². The smallest absolute Gasteiger partial charge is 0.164 e. The van der Waals surface area contributed by atoms with E-state index < -0.39 is 0 Å². The molecule has 1 heterocycles. The summed E-state index contributed by atoms with van der Waals surface area (Å²) >= 11 is 5.98. The minimum Gasteiger partial charge on any atom is -0.388 e. The molecule has 19 heavy (non-hydrogen) atoms. The molecule has 4 nitrogen and oxygen atoms in total. The first kappa shape index (κ1) is 14.0. The molecule has 0 radical (unpaired) electrons. The number of hydrogen-bond acceptors (Lipinski definition) is 3. The number of rotatable bonds is 2. The van der Waals surface area contributed by atoms with Gasteiger partial charge in [-0.1, -0.05) is 11.6 Å². The second kappa shape index (κ2) is 4.94. The van der Waals surface area contributed by atoms with E-state index in [0.717, 1.165) is 17.0 Å². The van der Waals surface area contributed by atoms with Crippen molar-refractivity contribution in [2.75, 3.05) is 0 Å². The third-order valence-corrected chi connectivity index (χ3v) is 3.21. The van der Waals surface area contributed by atoms with Crippen molar-refractivity contribution >= 4 is 11.6 Å². The average Bonchev–Trinajstić information content (AvgIpc) is 2.72. The molecular formula is C14H18ClN3O. The molecule has 2 rings (SSSR count). The van der Waals surface area contributed by atoms with E-state index in [1.54, 1.807) is 0 Å². The number of hydrogen-bond donors (Lipinski definition) is 1. The zero-order valence-electron chi connectivity index (χ0n) is 11.6. The van der Waals surface area contributed by atoms with E-state index in [9.17, 15) is 5.11 Å². The molecule has 0 amide bonds. The van der Waals surface area contributed by atoms with Crippen molar-refractivity contribution < 1.29 is 5.11 Å². The maximum Gasteiger partial charge on any atom is 0.164 e. The quantitative estimate of drug-likeness (QED) is 0.919. The van der Waals surface area contributed by atoms with Gasteiger partial charge < -0.3 is 9.67 Å². The molecule has 0 bridgehead atoms. The molecule has 0 aliphatic rings. The van der Waals surface area contributed by atoms with E-state index in [1.165, 1.54) is 0 Å². The number of nitrogens with zero attached hydrogens (tertiary/aromatic N) is 3. The zero-order valence-corrected chi connectivity index (χ0v) is 12.4. The predicted molar refractivity (Wildman–Crippen MR) is 76.1 cm³/mol. The Morgan fingerprint density at radius 2 is 1.95 bits per heavy atom. The van der Waals surface area contributed by atoms with Gasteiger partial charge in [-0.3, -0.25) is 0 Å². The van der Waals surface area contributed by atoms with Crippen LogP contribution in [0.25, 0.3) is 11.4 Å². The predicted octanol–water partition coefficient (Wildman–Crippen LogP) is 3.15. The highest BCUT2D eigenvalue weighted by molar-refractivity contribution is 6.30. The average molecular weight is 280 g/mol. The monoisotopic (exact) mass is 279 g/mol. The minimum absolute atomic E-state index is 0.128.